The molecule has 14 nitrogen and oxygen atoms in total. The van der Waals surface area contributed by atoms with Crippen molar-refractivity contribution in [3.63, 3.8) is 0 Å². The first-order valence-corrected chi connectivity index (χ1v) is 14.7. The minimum atomic E-state index is -4.97. The number of rotatable bonds is 6. The number of sulfonamides is 1. The highest BCUT2D eigenvalue weighted by molar-refractivity contribution is 7.89. The molecule has 0 atom stereocenters. The van der Waals surface area contributed by atoms with Crippen LogP contribution in [0.2, 0.25) is 0 Å². The summed E-state index contributed by atoms with van der Waals surface area (Å²) in [6, 6.07) is 7.57. The maximum atomic E-state index is 12.7. The summed E-state index contributed by atoms with van der Waals surface area (Å²) in [7, 11) is -13.5. The van der Waals surface area contributed by atoms with Crippen LogP contribution in [-0.2, 0) is 35.0 Å². The number of ether oxygens (including phenoxy) is 1. The molecule has 198 valence electrons. The first kappa shape index (κ1) is 26.9. The van der Waals surface area contributed by atoms with Crippen molar-refractivity contribution in [1.29, 1.82) is 0 Å². The summed E-state index contributed by atoms with van der Waals surface area (Å²) in [6.07, 6.45) is 0. The van der Waals surface area contributed by atoms with E-state index in [2.05, 4.69) is 10.2 Å². The number of nitrogens with zero attached hydrogens (tertiary/aromatic N) is 3. The van der Waals surface area contributed by atoms with Crippen molar-refractivity contribution in [2.24, 2.45) is 10.2 Å². The van der Waals surface area contributed by atoms with Crippen LogP contribution in [0.25, 0.3) is 10.8 Å². The molecule has 0 aromatic heterocycles. The van der Waals surface area contributed by atoms with E-state index >= 15 is 0 Å². The molecule has 1 aliphatic heterocycles. The molecule has 0 saturated carbocycles. The number of phenolic OH excluding ortho intramolecular Hbond substituents is 1. The number of hydrogen-bond donors (Lipinski definition) is 4. The number of phenols is 1. The number of nitrogens with two attached hydrogens (primary N) is 1. The Balaban J connectivity index is 1.77. The smallest absolute Gasteiger partial charge is 0.296 e. The minimum Gasteiger partial charge on any atom is -0.507 e. The molecule has 0 unspecified atom stereocenters. The quantitative estimate of drug-likeness (QED) is 0.190. The Morgan fingerprint density at radius 3 is 2.03 bits per heavy atom. The fraction of sp³-hybridized carbons (Fsp3) is 0.200. The van der Waals surface area contributed by atoms with Crippen LogP contribution in [-0.4, -0.2) is 70.1 Å². The van der Waals surface area contributed by atoms with Gasteiger partial charge in [0.15, 0.2) is 0 Å². The molecule has 3 aromatic carbocycles. The average molecular weight is 573 g/mol. The van der Waals surface area contributed by atoms with E-state index in [9.17, 15) is 39.5 Å². The third-order valence-electron chi connectivity index (χ3n) is 5.45. The van der Waals surface area contributed by atoms with Gasteiger partial charge < -0.3 is 15.6 Å². The highest BCUT2D eigenvalue weighted by Crippen LogP contribution is 2.43. The highest BCUT2D eigenvalue weighted by atomic mass is 32.2. The van der Waals surface area contributed by atoms with Gasteiger partial charge in [-0.25, -0.2) is 8.42 Å². The van der Waals surface area contributed by atoms with E-state index < -0.39 is 57.2 Å². The lowest BCUT2D eigenvalue weighted by Crippen LogP contribution is -2.40. The fourth-order valence-corrected chi connectivity index (χ4v) is 6.28. The van der Waals surface area contributed by atoms with Gasteiger partial charge in [-0.05, 0) is 41.8 Å². The number of nitrogen functional groups attached to an aromatic ring is 1. The Hall–Kier alpha value is -3.19. The first-order valence-electron chi connectivity index (χ1n) is 10.3. The van der Waals surface area contributed by atoms with Gasteiger partial charge in [0.2, 0.25) is 10.0 Å². The van der Waals surface area contributed by atoms with Crippen LogP contribution in [0.4, 0.5) is 17.1 Å². The third-order valence-corrected chi connectivity index (χ3v) is 9.06. The molecule has 17 heteroatoms. The molecule has 1 heterocycles. The van der Waals surface area contributed by atoms with Crippen molar-refractivity contribution in [2.75, 3.05) is 32.0 Å². The monoisotopic (exact) mass is 572 g/mol. The van der Waals surface area contributed by atoms with E-state index in [0.29, 0.717) is 6.07 Å². The normalized spacial score (nSPS) is 15.9. The Kier molecular flexibility index (Phi) is 6.97. The topological polar surface area (TPSA) is 226 Å². The molecule has 37 heavy (non-hydrogen) atoms. The summed E-state index contributed by atoms with van der Waals surface area (Å²) >= 11 is 0. The molecule has 0 amide bonds. The molecule has 5 N–H and O–H groups in total. The van der Waals surface area contributed by atoms with Gasteiger partial charge in [0.05, 0.1) is 34.4 Å². The summed E-state index contributed by atoms with van der Waals surface area (Å²) in [5.41, 5.74) is 5.09. The van der Waals surface area contributed by atoms with Crippen LogP contribution in [0, 0.1) is 0 Å². The molecular formula is C20H20N4O10S3. The van der Waals surface area contributed by atoms with Crippen LogP contribution >= 0.6 is 0 Å². The van der Waals surface area contributed by atoms with Gasteiger partial charge in [-0.2, -0.15) is 26.3 Å². The van der Waals surface area contributed by atoms with E-state index in [-0.39, 0.29) is 47.7 Å². The zero-order chi connectivity index (χ0) is 27.2. The van der Waals surface area contributed by atoms with Crippen LogP contribution in [0.1, 0.15) is 0 Å². The van der Waals surface area contributed by atoms with Crippen molar-refractivity contribution < 1.29 is 44.2 Å². The summed E-state index contributed by atoms with van der Waals surface area (Å²) < 4.78 is 97.9. The molecule has 0 spiro atoms. The van der Waals surface area contributed by atoms with Gasteiger partial charge in [0, 0.05) is 24.5 Å². The molecule has 1 fully saturated rings. The minimum absolute atomic E-state index is 0.00300. The first-order chi connectivity index (χ1) is 17.2. The van der Waals surface area contributed by atoms with Gasteiger partial charge in [-0.1, -0.05) is 0 Å². The molecule has 0 aliphatic carbocycles. The van der Waals surface area contributed by atoms with Gasteiger partial charge >= 0.3 is 0 Å². The Morgan fingerprint density at radius 2 is 1.46 bits per heavy atom. The van der Waals surface area contributed by atoms with Crippen LogP contribution in [0.3, 0.4) is 0 Å². The van der Waals surface area contributed by atoms with Crippen LogP contribution < -0.4 is 5.73 Å². The van der Waals surface area contributed by atoms with Crippen molar-refractivity contribution >= 4 is 58.1 Å². The van der Waals surface area contributed by atoms with E-state index in [1.807, 2.05) is 0 Å². The number of aromatic hydroxyl groups is 1. The number of hydrogen-bond acceptors (Lipinski definition) is 11. The summed E-state index contributed by atoms with van der Waals surface area (Å²) in [5.74, 6) is -0.710. The summed E-state index contributed by atoms with van der Waals surface area (Å²) in [4.78, 5) is -1.59. The van der Waals surface area contributed by atoms with Gasteiger partial charge in [-0.15, -0.1) is 5.11 Å². The highest BCUT2D eigenvalue weighted by Gasteiger charge is 2.27. The second-order valence-electron chi connectivity index (χ2n) is 7.84. The second kappa shape index (κ2) is 9.60. The number of anilines is 1. The number of morpholine rings is 1. The summed E-state index contributed by atoms with van der Waals surface area (Å²) in [5, 5.41) is 17.5. The SMILES string of the molecule is Nc1c(N=Nc2ccc(S(=O)(=O)N3CCOCC3)cc2)c(S(=O)(=O)O)cc2cc(S(=O)(=O)O)cc(O)c12. The molecule has 1 aliphatic rings. The van der Waals surface area contributed by atoms with Gasteiger partial charge in [0.25, 0.3) is 20.2 Å². The van der Waals surface area contributed by atoms with Gasteiger partial charge in [0.1, 0.15) is 16.3 Å². The zero-order valence-corrected chi connectivity index (χ0v) is 21.2. The zero-order valence-electron chi connectivity index (χ0n) is 18.7. The molecule has 0 bridgehead atoms. The van der Waals surface area contributed by atoms with Crippen molar-refractivity contribution in [3.8, 4) is 5.75 Å². The van der Waals surface area contributed by atoms with E-state index in [1.54, 1.807) is 0 Å². The molecule has 3 aromatic rings. The lowest BCUT2D eigenvalue weighted by atomic mass is 10.1. The molecular weight excluding hydrogens is 552 g/mol. The number of benzene rings is 3. The van der Waals surface area contributed by atoms with E-state index in [0.717, 1.165) is 12.1 Å². The standard InChI is InChI=1S/C20H20N4O10S3/c21-19-18-12(9-15(11-16(18)25)36(28,29)30)10-17(37(31,32)33)20(19)23-22-13-1-3-14(4-2-13)35(26,27)24-5-7-34-8-6-24/h1-4,9-11,25H,5-8,21H2,(H,28,29,30)(H,31,32,33). The maximum absolute atomic E-state index is 12.7. The van der Waals surface area contributed by atoms with E-state index in [4.69, 9.17) is 10.5 Å². The fourth-order valence-electron chi connectivity index (χ4n) is 3.67. The van der Waals surface area contributed by atoms with Crippen LogP contribution in [0.5, 0.6) is 5.75 Å². The lowest BCUT2D eigenvalue weighted by molar-refractivity contribution is 0.0730. The molecule has 0 radical (unpaired) electrons. The molecule has 1 saturated heterocycles. The number of azo groups is 1. The average Bonchev–Trinajstić information content (AvgIpc) is 2.82. The van der Waals surface area contributed by atoms with Crippen molar-refractivity contribution in [1.82, 2.24) is 4.31 Å². The Bertz CT molecular complexity index is 1730. The predicted molar refractivity (Wildman–Crippen MR) is 130 cm³/mol. The van der Waals surface area contributed by atoms with E-state index in [1.165, 1.54) is 28.6 Å². The van der Waals surface area contributed by atoms with Crippen molar-refractivity contribution in [3.05, 3.63) is 42.5 Å². The molecule has 4 rings (SSSR count). The predicted octanol–water partition coefficient (Wildman–Crippen LogP) is 2.06. The lowest BCUT2D eigenvalue weighted by Gasteiger charge is -2.26. The largest absolute Gasteiger partial charge is 0.507 e. The number of fused-ring (bicyclic) bond motifs is 1. The third kappa shape index (κ3) is 5.42. The Morgan fingerprint density at radius 1 is 0.838 bits per heavy atom. The summed E-state index contributed by atoms with van der Waals surface area (Å²) in [6.45, 7) is 0.979. The Labute approximate surface area is 211 Å². The van der Waals surface area contributed by atoms with Crippen LogP contribution in [0.15, 0.2) is 67.4 Å². The maximum Gasteiger partial charge on any atom is 0.296 e. The van der Waals surface area contributed by atoms with Gasteiger partial charge in [-0.3, -0.25) is 9.11 Å². The van der Waals surface area contributed by atoms with Crippen molar-refractivity contribution in [2.45, 2.75) is 14.7 Å². The second-order valence-corrected chi connectivity index (χ2v) is 12.6.